The smallest absolute Gasteiger partial charge is 0.230 e. The van der Waals surface area contributed by atoms with E-state index in [1.54, 1.807) is 6.07 Å². The Morgan fingerprint density at radius 1 is 1.44 bits per heavy atom. The van der Waals surface area contributed by atoms with Gasteiger partial charge in [0.15, 0.2) is 5.16 Å². The summed E-state index contributed by atoms with van der Waals surface area (Å²) >= 11 is 7.49. The Bertz CT molecular complexity index is 578. The van der Waals surface area contributed by atoms with Crippen molar-refractivity contribution in [3.05, 3.63) is 11.2 Å². The van der Waals surface area contributed by atoms with E-state index in [0.717, 1.165) is 31.7 Å². The Hall–Kier alpha value is -1.05. The topological polar surface area (TPSA) is 61.4 Å². The molecule has 25 heavy (non-hydrogen) atoms. The number of piperidine rings is 1. The van der Waals surface area contributed by atoms with Crippen LogP contribution in [0.5, 0.6) is 0 Å². The zero-order chi connectivity index (χ0) is 18.4. The number of hydrogen-bond donors (Lipinski definition) is 1. The first-order valence-corrected chi connectivity index (χ1v) is 10.1. The molecule has 0 saturated carbocycles. The first kappa shape index (κ1) is 20.3. The van der Waals surface area contributed by atoms with Gasteiger partial charge in [0.05, 0.1) is 5.75 Å². The minimum absolute atomic E-state index is 0.00695. The van der Waals surface area contributed by atoms with Gasteiger partial charge in [0.1, 0.15) is 11.0 Å². The third kappa shape index (κ3) is 6.64. The molecule has 6 nitrogen and oxygen atoms in total. The second kappa shape index (κ2) is 9.59. The van der Waals surface area contributed by atoms with Gasteiger partial charge >= 0.3 is 0 Å². The van der Waals surface area contributed by atoms with Gasteiger partial charge in [-0.15, -0.1) is 0 Å². The first-order valence-electron chi connectivity index (χ1n) is 8.70. The van der Waals surface area contributed by atoms with Crippen LogP contribution in [0.25, 0.3) is 0 Å². The molecule has 8 heteroatoms. The molecule has 0 atom stereocenters. The van der Waals surface area contributed by atoms with Gasteiger partial charge in [0.25, 0.3) is 0 Å². The van der Waals surface area contributed by atoms with Crippen molar-refractivity contribution in [2.75, 3.05) is 44.4 Å². The number of anilines is 1. The molecule has 0 unspecified atom stereocenters. The second-order valence-corrected chi connectivity index (χ2v) is 8.29. The number of hydrogen-bond acceptors (Lipinski definition) is 6. The van der Waals surface area contributed by atoms with E-state index in [0.29, 0.717) is 34.6 Å². The highest BCUT2D eigenvalue weighted by atomic mass is 35.5. The van der Waals surface area contributed by atoms with Crippen molar-refractivity contribution in [3.8, 4) is 0 Å². The summed E-state index contributed by atoms with van der Waals surface area (Å²) in [5.74, 6) is 1.54. The molecule has 1 N–H and O–H groups in total. The lowest BCUT2D eigenvalue weighted by Gasteiger charge is -2.35. The van der Waals surface area contributed by atoms with Crippen LogP contribution in [0.1, 0.15) is 26.7 Å². The summed E-state index contributed by atoms with van der Waals surface area (Å²) in [6.45, 7) is 6.99. The highest BCUT2D eigenvalue weighted by Gasteiger charge is 2.22. The zero-order valence-electron chi connectivity index (χ0n) is 15.5. The predicted octanol–water partition coefficient (Wildman–Crippen LogP) is 2.52. The molecule has 1 aromatic rings. The van der Waals surface area contributed by atoms with Gasteiger partial charge in [-0.2, -0.15) is 0 Å². The third-order valence-corrected chi connectivity index (χ3v) is 5.34. The standard InChI is InChI=1S/C17H28ClN5OS/c1-12(2)10-19-16(24)11-25-17-20-14(18)9-15(21-17)23(4)13-5-7-22(3)8-6-13/h9,12-13H,5-8,10-11H2,1-4H3,(H,19,24). The Kier molecular flexibility index (Phi) is 7.78. The van der Waals surface area contributed by atoms with Gasteiger partial charge in [-0.25, -0.2) is 9.97 Å². The quantitative estimate of drug-likeness (QED) is 0.442. The predicted molar refractivity (Wildman–Crippen MR) is 105 cm³/mol. The average molecular weight is 386 g/mol. The van der Waals surface area contributed by atoms with Crippen molar-refractivity contribution >= 4 is 35.1 Å². The van der Waals surface area contributed by atoms with Crippen molar-refractivity contribution in [3.63, 3.8) is 0 Å². The minimum Gasteiger partial charge on any atom is -0.356 e. The van der Waals surface area contributed by atoms with Crippen LogP contribution >= 0.6 is 23.4 Å². The maximum Gasteiger partial charge on any atom is 0.230 e. The van der Waals surface area contributed by atoms with E-state index in [1.165, 1.54) is 11.8 Å². The molecule has 1 amide bonds. The zero-order valence-corrected chi connectivity index (χ0v) is 17.0. The number of likely N-dealkylation sites (tertiary alicyclic amines) is 1. The number of thioether (sulfide) groups is 1. The van der Waals surface area contributed by atoms with E-state index in [9.17, 15) is 4.79 Å². The molecule has 1 aliphatic heterocycles. The molecule has 2 heterocycles. The van der Waals surface area contributed by atoms with E-state index in [-0.39, 0.29) is 5.91 Å². The largest absolute Gasteiger partial charge is 0.356 e. The third-order valence-electron chi connectivity index (χ3n) is 4.30. The average Bonchev–Trinajstić information content (AvgIpc) is 2.57. The molecule has 140 valence electrons. The lowest BCUT2D eigenvalue weighted by Crippen LogP contribution is -2.42. The van der Waals surface area contributed by atoms with E-state index >= 15 is 0 Å². The number of carbonyl (C=O) groups is 1. The summed E-state index contributed by atoms with van der Waals surface area (Å²) in [5, 5.41) is 3.85. The van der Waals surface area contributed by atoms with Gasteiger partial charge in [-0.05, 0) is 38.9 Å². The lowest BCUT2D eigenvalue weighted by atomic mass is 10.0. The highest BCUT2D eigenvalue weighted by Crippen LogP contribution is 2.25. The van der Waals surface area contributed by atoms with Crippen LogP contribution in [0.15, 0.2) is 11.2 Å². The molecule has 0 radical (unpaired) electrons. The summed E-state index contributed by atoms with van der Waals surface area (Å²) in [6.07, 6.45) is 2.21. The summed E-state index contributed by atoms with van der Waals surface area (Å²) in [6, 6.07) is 2.25. The van der Waals surface area contributed by atoms with Gasteiger partial charge in [-0.1, -0.05) is 37.2 Å². The fraction of sp³-hybridized carbons (Fsp3) is 0.706. The molecule has 1 aliphatic rings. The minimum atomic E-state index is -0.00695. The van der Waals surface area contributed by atoms with Gasteiger partial charge < -0.3 is 15.1 Å². The SMILES string of the molecule is CC(C)CNC(=O)CSc1nc(Cl)cc(N(C)C2CCN(C)CC2)n1. The monoisotopic (exact) mass is 385 g/mol. The van der Waals surface area contributed by atoms with Gasteiger partial charge in [0, 0.05) is 25.7 Å². The van der Waals surface area contributed by atoms with Crippen molar-refractivity contribution < 1.29 is 4.79 Å². The number of aromatic nitrogens is 2. The first-order chi connectivity index (χ1) is 11.8. The maximum atomic E-state index is 11.9. The molecule has 1 fully saturated rings. The second-order valence-electron chi connectivity index (χ2n) is 6.96. The van der Waals surface area contributed by atoms with E-state index in [2.05, 4.69) is 53.0 Å². The summed E-state index contributed by atoms with van der Waals surface area (Å²) in [4.78, 5) is 25.2. The maximum absolute atomic E-state index is 11.9. The molecule has 0 spiro atoms. The molecular weight excluding hydrogens is 358 g/mol. The van der Waals surface area contributed by atoms with Gasteiger partial charge in [0.2, 0.25) is 5.91 Å². The Morgan fingerprint density at radius 3 is 2.76 bits per heavy atom. The number of nitrogens with zero attached hydrogens (tertiary/aromatic N) is 4. The molecule has 0 bridgehead atoms. The Morgan fingerprint density at radius 2 is 2.12 bits per heavy atom. The van der Waals surface area contributed by atoms with Crippen LogP contribution in [-0.2, 0) is 4.79 Å². The van der Waals surface area contributed by atoms with Crippen LogP contribution in [0.4, 0.5) is 5.82 Å². The fourth-order valence-corrected chi connectivity index (χ4v) is 3.61. The summed E-state index contributed by atoms with van der Waals surface area (Å²) < 4.78 is 0. The molecule has 0 aromatic carbocycles. The number of halogens is 1. The van der Waals surface area contributed by atoms with Crippen LogP contribution in [0, 0.1) is 5.92 Å². The Balaban J connectivity index is 1.96. The Labute approximate surface area is 159 Å². The fourth-order valence-electron chi connectivity index (χ4n) is 2.70. The van der Waals surface area contributed by atoms with Crippen LogP contribution < -0.4 is 10.2 Å². The number of nitrogens with one attached hydrogen (secondary N) is 1. The van der Waals surface area contributed by atoms with Crippen LogP contribution in [0.3, 0.4) is 0 Å². The van der Waals surface area contributed by atoms with E-state index < -0.39 is 0 Å². The van der Waals surface area contributed by atoms with Crippen LogP contribution in [0.2, 0.25) is 5.15 Å². The molecule has 1 saturated heterocycles. The van der Waals surface area contributed by atoms with Crippen LogP contribution in [-0.4, -0.2) is 66.3 Å². The molecule has 2 rings (SSSR count). The van der Waals surface area contributed by atoms with Crippen molar-refractivity contribution in [2.24, 2.45) is 5.92 Å². The van der Waals surface area contributed by atoms with E-state index in [4.69, 9.17) is 11.6 Å². The molecular formula is C17H28ClN5OS. The van der Waals surface area contributed by atoms with Gasteiger partial charge in [-0.3, -0.25) is 4.79 Å². The molecule has 0 aliphatic carbocycles. The van der Waals surface area contributed by atoms with Crippen molar-refractivity contribution in [1.29, 1.82) is 0 Å². The number of rotatable bonds is 7. The van der Waals surface area contributed by atoms with Crippen molar-refractivity contribution in [1.82, 2.24) is 20.2 Å². The summed E-state index contributed by atoms with van der Waals surface area (Å²) in [5.41, 5.74) is 0. The normalized spacial score (nSPS) is 16.2. The highest BCUT2D eigenvalue weighted by molar-refractivity contribution is 7.99. The molecule has 1 aromatic heterocycles. The summed E-state index contributed by atoms with van der Waals surface area (Å²) in [7, 11) is 4.20. The number of amides is 1. The van der Waals surface area contributed by atoms with E-state index in [1.807, 2.05) is 0 Å². The van der Waals surface area contributed by atoms with Crippen molar-refractivity contribution in [2.45, 2.75) is 37.9 Å². The lowest BCUT2D eigenvalue weighted by molar-refractivity contribution is -0.118. The number of carbonyl (C=O) groups excluding carboxylic acids is 1.